The number of hydrogen-bond acceptors (Lipinski definition) is 3. The number of rotatable bonds is 4. The standard InChI is InChI=1S/C19H22FN3O2/c1-25-14-6-7-15(16(20)9-14)17-10-21-19(22-17)12-8-18(24)23(11-12)13-4-2-3-5-13/h6-7,9-10,12-13H,2-5,8,11H2,1H3,(H,21,22). The van der Waals surface area contributed by atoms with Crippen LogP contribution in [0.15, 0.2) is 24.4 Å². The lowest BCUT2D eigenvalue weighted by Crippen LogP contribution is -2.34. The minimum atomic E-state index is -0.357. The Morgan fingerprint density at radius 1 is 1.32 bits per heavy atom. The largest absolute Gasteiger partial charge is 0.497 e. The Hall–Kier alpha value is -2.37. The highest BCUT2D eigenvalue weighted by Gasteiger charge is 2.37. The third-order valence-electron chi connectivity index (χ3n) is 5.37. The van der Waals surface area contributed by atoms with E-state index in [4.69, 9.17) is 4.74 Å². The number of nitrogens with zero attached hydrogens (tertiary/aromatic N) is 2. The van der Waals surface area contributed by atoms with E-state index in [1.807, 2.05) is 4.90 Å². The van der Waals surface area contributed by atoms with Crippen molar-refractivity contribution in [3.05, 3.63) is 36.0 Å². The fourth-order valence-corrected chi connectivity index (χ4v) is 4.01. The van der Waals surface area contributed by atoms with Gasteiger partial charge >= 0.3 is 0 Å². The van der Waals surface area contributed by atoms with Crippen LogP contribution in [0.5, 0.6) is 5.75 Å². The molecule has 1 aliphatic carbocycles. The summed E-state index contributed by atoms with van der Waals surface area (Å²) in [6, 6.07) is 5.15. The first-order chi connectivity index (χ1) is 12.2. The molecule has 2 heterocycles. The molecule has 1 aliphatic heterocycles. The molecule has 2 aromatic rings. The van der Waals surface area contributed by atoms with Crippen LogP contribution in [0.2, 0.25) is 0 Å². The number of carbonyl (C=O) groups excluding carboxylic acids is 1. The van der Waals surface area contributed by atoms with Gasteiger partial charge in [-0.25, -0.2) is 9.37 Å². The van der Waals surface area contributed by atoms with Gasteiger partial charge in [0, 0.05) is 36.6 Å². The van der Waals surface area contributed by atoms with E-state index in [1.54, 1.807) is 18.3 Å². The van der Waals surface area contributed by atoms with Crippen molar-refractivity contribution in [2.75, 3.05) is 13.7 Å². The monoisotopic (exact) mass is 343 g/mol. The number of benzene rings is 1. The summed E-state index contributed by atoms with van der Waals surface area (Å²) in [5.41, 5.74) is 1.08. The Morgan fingerprint density at radius 2 is 2.12 bits per heavy atom. The molecule has 1 saturated carbocycles. The summed E-state index contributed by atoms with van der Waals surface area (Å²) in [5.74, 6) is 1.16. The van der Waals surface area contributed by atoms with Gasteiger partial charge in [0.2, 0.25) is 5.91 Å². The van der Waals surface area contributed by atoms with Gasteiger partial charge in [-0.15, -0.1) is 0 Å². The number of nitrogens with one attached hydrogen (secondary N) is 1. The van der Waals surface area contributed by atoms with Gasteiger partial charge in [-0.2, -0.15) is 0 Å². The molecule has 2 fully saturated rings. The van der Waals surface area contributed by atoms with Gasteiger partial charge in [-0.1, -0.05) is 12.8 Å². The molecule has 1 atom stereocenters. The predicted molar refractivity (Wildman–Crippen MR) is 91.9 cm³/mol. The average molecular weight is 343 g/mol. The molecule has 6 heteroatoms. The van der Waals surface area contributed by atoms with E-state index in [-0.39, 0.29) is 17.6 Å². The van der Waals surface area contributed by atoms with Gasteiger partial charge in [0.25, 0.3) is 0 Å². The topological polar surface area (TPSA) is 58.2 Å². The number of ether oxygens (including phenoxy) is 1. The summed E-state index contributed by atoms with van der Waals surface area (Å²) in [6.45, 7) is 0.710. The van der Waals surface area contributed by atoms with Gasteiger partial charge in [0.1, 0.15) is 17.4 Å². The van der Waals surface area contributed by atoms with Crippen molar-refractivity contribution < 1.29 is 13.9 Å². The molecule has 25 heavy (non-hydrogen) atoms. The first-order valence-corrected chi connectivity index (χ1v) is 8.84. The van der Waals surface area contributed by atoms with E-state index in [0.29, 0.717) is 36.0 Å². The Bertz CT molecular complexity index is 783. The molecular weight excluding hydrogens is 321 g/mol. The molecule has 1 aromatic carbocycles. The summed E-state index contributed by atoms with van der Waals surface area (Å²) >= 11 is 0. The maximum absolute atomic E-state index is 14.2. The van der Waals surface area contributed by atoms with Crippen molar-refractivity contribution in [3.63, 3.8) is 0 Å². The van der Waals surface area contributed by atoms with Crippen LogP contribution in [0.25, 0.3) is 11.3 Å². The Kier molecular flexibility index (Phi) is 4.19. The number of aromatic amines is 1. The van der Waals surface area contributed by atoms with E-state index < -0.39 is 0 Å². The van der Waals surface area contributed by atoms with E-state index in [1.165, 1.54) is 26.0 Å². The molecule has 1 amide bonds. The summed E-state index contributed by atoms with van der Waals surface area (Å²) in [4.78, 5) is 22.0. The summed E-state index contributed by atoms with van der Waals surface area (Å²) in [5, 5.41) is 0. The third kappa shape index (κ3) is 3.01. The van der Waals surface area contributed by atoms with Crippen molar-refractivity contribution >= 4 is 5.91 Å². The third-order valence-corrected chi connectivity index (χ3v) is 5.37. The predicted octanol–water partition coefficient (Wildman–Crippen LogP) is 3.48. The normalized spacial score (nSPS) is 21.3. The maximum atomic E-state index is 14.2. The van der Waals surface area contributed by atoms with E-state index in [2.05, 4.69) is 9.97 Å². The highest BCUT2D eigenvalue weighted by Crippen LogP contribution is 2.34. The SMILES string of the molecule is COc1ccc(-c2cnc(C3CC(=O)N(C4CCCC4)C3)[nH]2)c(F)c1. The summed E-state index contributed by atoms with van der Waals surface area (Å²) < 4.78 is 19.3. The average Bonchev–Trinajstić information content (AvgIpc) is 3.34. The van der Waals surface area contributed by atoms with Crippen molar-refractivity contribution in [2.24, 2.45) is 0 Å². The zero-order valence-electron chi connectivity index (χ0n) is 14.3. The Morgan fingerprint density at radius 3 is 2.84 bits per heavy atom. The quantitative estimate of drug-likeness (QED) is 0.924. The van der Waals surface area contributed by atoms with Crippen LogP contribution in [0.4, 0.5) is 4.39 Å². The first kappa shape index (κ1) is 16.1. The summed E-state index contributed by atoms with van der Waals surface area (Å²) in [6.07, 6.45) is 6.76. The zero-order valence-corrected chi connectivity index (χ0v) is 14.3. The molecule has 0 radical (unpaired) electrons. The van der Waals surface area contributed by atoms with Crippen molar-refractivity contribution in [3.8, 4) is 17.0 Å². The second-order valence-electron chi connectivity index (χ2n) is 6.91. The number of hydrogen-bond donors (Lipinski definition) is 1. The van der Waals surface area contributed by atoms with Crippen LogP contribution in [-0.2, 0) is 4.79 Å². The minimum Gasteiger partial charge on any atom is -0.497 e. The molecule has 1 N–H and O–H groups in total. The second kappa shape index (κ2) is 6.50. The molecule has 132 valence electrons. The lowest BCUT2D eigenvalue weighted by Gasteiger charge is -2.23. The molecule has 0 bridgehead atoms. The fourth-order valence-electron chi connectivity index (χ4n) is 4.01. The van der Waals surface area contributed by atoms with Gasteiger partial charge in [0.05, 0.1) is 19.0 Å². The van der Waals surface area contributed by atoms with Crippen LogP contribution in [0.1, 0.15) is 43.8 Å². The van der Waals surface area contributed by atoms with Crippen LogP contribution in [0, 0.1) is 5.82 Å². The molecular formula is C19H22FN3O2. The molecule has 2 aliphatic rings. The molecule has 0 spiro atoms. The number of aromatic nitrogens is 2. The van der Waals surface area contributed by atoms with E-state index in [9.17, 15) is 9.18 Å². The molecule has 4 rings (SSSR count). The van der Waals surface area contributed by atoms with Gasteiger partial charge < -0.3 is 14.6 Å². The number of amides is 1. The highest BCUT2D eigenvalue weighted by atomic mass is 19.1. The van der Waals surface area contributed by atoms with Crippen LogP contribution < -0.4 is 4.74 Å². The number of likely N-dealkylation sites (tertiary alicyclic amines) is 1. The van der Waals surface area contributed by atoms with Crippen molar-refractivity contribution in [1.29, 1.82) is 0 Å². The highest BCUT2D eigenvalue weighted by molar-refractivity contribution is 5.80. The van der Waals surface area contributed by atoms with E-state index in [0.717, 1.165) is 18.7 Å². The minimum absolute atomic E-state index is 0.0585. The molecule has 5 nitrogen and oxygen atoms in total. The Labute approximate surface area is 146 Å². The first-order valence-electron chi connectivity index (χ1n) is 8.84. The number of halogens is 1. The van der Waals surface area contributed by atoms with Gasteiger partial charge in [-0.3, -0.25) is 4.79 Å². The van der Waals surface area contributed by atoms with Crippen molar-refractivity contribution in [2.45, 2.75) is 44.1 Å². The van der Waals surface area contributed by atoms with Crippen LogP contribution in [0.3, 0.4) is 0 Å². The van der Waals surface area contributed by atoms with Crippen LogP contribution in [-0.4, -0.2) is 40.5 Å². The molecule has 1 unspecified atom stereocenters. The van der Waals surface area contributed by atoms with Crippen molar-refractivity contribution in [1.82, 2.24) is 14.9 Å². The number of H-pyrrole nitrogens is 1. The zero-order chi connectivity index (χ0) is 17.4. The van der Waals surface area contributed by atoms with Gasteiger partial charge in [0.15, 0.2) is 0 Å². The fraction of sp³-hybridized carbons (Fsp3) is 0.474. The summed E-state index contributed by atoms with van der Waals surface area (Å²) in [7, 11) is 1.51. The number of carbonyl (C=O) groups is 1. The smallest absolute Gasteiger partial charge is 0.223 e. The van der Waals surface area contributed by atoms with Gasteiger partial charge in [-0.05, 0) is 25.0 Å². The molecule has 1 saturated heterocycles. The van der Waals surface area contributed by atoms with E-state index >= 15 is 0 Å². The maximum Gasteiger partial charge on any atom is 0.223 e. The number of methoxy groups -OCH3 is 1. The molecule has 1 aromatic heterocycles. The second-order valence-corrected chi connectivity index (χ2v) is 6.91. The lowest BCUT2D eigenvalue weighted by molar-refractivity contribution is -0.129. The van der Waals surface area contributed by atoms with Crippen LogP contribution >= 0.6 is 0 Å². The Balaban J connectivity index is 1.53. The number of imidazole rings is 1. The lowest BCUT2D eigenvalue weighted by atomic mass is 10.1.